The van der Waals surface area contributed by atoms with Crippen molar-refractivity contribution in [3.63, 3.8) is 0 Å². The fourth-order valence-corrected chi connectivity index (χ4v) is 4.50. The standard InChI is InChI=1S/C24H23ClN2O5S/c1-17(23(28)26(2)18-10-6-4-7-11-18)32-24(29)21-16-20(14-15-22(21)25)33(30,31)27(3)19-12-8-5-9-13-19/h4-17H,1-3H3. The molecule has 0 bridgehead atoms. The molecule has 0 radical (unpaired) electrons. The quantitative estimate of drug-likeness (QED) is 0.463. The van der Waals surface area contributed by atoms with Crippen LogP contribution in [0.25, 0.3) is 0 Å². The van der Waals surface area contributed by atoms with Crippen molar-refractivity contribution >= 4 is 44.9 Å². The van der Waals surface area contributed by atoms with Crippen molar-refractivity contribution in [1.82, 2.24) is 0 Å². The van der Waals surface area contributed by atoms with Crippen LogP contribution in [-0.4, -0.2) is 40.5 Å². The number of esters is 1. The Labute approximate surface area is 198 Å². The molecule has 0 aliphatic heterocycles. The first-order valence-corrected chi connectivity index (χ1v) is 11.8. The number of carbonyl (C=O) groups excluding carboxylic acids is 2. The zero-order valence-corrected chi connectivity index (χ0v) is 19.9. The Morgan fingerprint density at radius 2 is 1.42 bits per heavy atom. The number of ether oxygens (including phenoxy) is 1. The van der Waals surface area contributed by atoms with Gasteiger partial charge in [0.2, 0.25) is 0 Å². The van der Waals surface area contributed by atoms with Gasteiger partial charge >= 0.3 is 5.97 Å². The van der Waals surface area contributed by atoms with Crippen LogP contribution in [0.5, 0.6) is 0 Å². The van der Waals surface area contributed by atoms with Gasteiger partial charge in [-0.1, -0.05) is 48.0 Å². The van der Waals surface area contributed by atoms with Gasteiger partial charge in [-0.25, -0.2) is 13.2 Å². The van der Waals surface area contributed by atoms with Crippen molar-refractivity contribution < 1.29 is 22.7 Å². The highest BCUT2D eigenvalue weighted by Gasteiger charge is 2.27. The van der Waals surface area contributed by atoms with Crippen molar-refractivity contribution in [3.8, 4) is 0 Å². The second-order valence-corrected chi connectivity index (χ2v) is 9.61. The Morgan fingerprint density at radius 1 is 0.879 bits per heavy atom. The number of rotatable bonds is 7. The van der Waals surface area contributed by atoms with Gasteiger partial charge in [0.1, 0.15) is 0 Å². The second kappa shape index (κ2) is 10.1. The van der Waals surface area contributed by atoms with Crippen LogP contribution in [0.2, 0.25) is 5.02 Å². The number of likely N-dealkylation sites (N-methyl/N-ethyl adjacent to an activating group) is 1. The first-order chi connectivity index (χ1) is 15.6. The van der Waals surface area contributed by atoms with E-state index in [1.54, 1.807) is 61.6 Å². The summed E-state index contributed by atoms with van der Waals surface area (Å²) in [6, 6.07) is 21.2. The Hall–Kier alpha value is -3.36. The van der Waals surface area contributed by atoms with Gasteiger partial charge in [-0.15, -0.1) is 0 Å². The van der Waals surface area contributed by atoms with Crippen LogP contribution in [0.3, 0.4) is 0 Å². The van der Waals surface area contributed by atoms with Crippen molar-refractivity contribution in [1.29, 1.82) is 0 Å². The van der Waals surface area contributed by atoms with Gasteiger partial charge < -0.3 is 9.64 Å². The third-order valence-electron chi connectivity index (χ3n) is 5.04. The van der Waals surface area contributed by atoms with E-state index in [4.69, 9.17) is 16.3 Å². The monoisotopic (exact) mass is 486 g/mol. The maximum atomic E-state index is 13.1. The number of sulfonamides is 1. The predicted octanol–water partition coefficient (Wildman–Crippen LogP) is 4.37. The molecule has 7 nitrogen and oxygen atoms in total. The van der Waals surface area contributed by atoms with Crippen LogP contribution in [0, 0.1) is 0 Å². The summed E-state index contributed by atoms with van der Waals surface area (Å²) in [6.07, 6.45) is -1.12. The molecule has 33 heavy (non-hydrogen) atoms. The van der Waals surface area contributed by atoms with Crippen molar-refractivity contribution in [2.45, 2.75) is 17.9 Å². The molecule has 1 atom stereocenters. The summed E-state index contributed by atoms with van der Waals surface area (Å²) < 4.78 is 32.5. The number of hydrogen-bond donors (Lipinski definition) is 0. The molecule has 1 unspecified atom stereocenters. The molecule has 3 aromatic carbocycles. The van der Waals surface area contributed by atoms with Gasteiger partial charge in [0.15, 0.2) is 6.10 Å². The molecule has 0 spiro atoms. The minimum absolute atomic E-state index is 0.0115. The molecular weight excluding hydrogens is 464 g/mol. The fraction of sp³-hybridized carbons (Fsp3) is 0.167. The Morgan fingerprint density at radius 3 is 2.00 bits per heavy atom. The van der Waals surface area contributed by atoms with Crippen molar-refractivity contribution in [3.05, 3.63) is 89.4 Å². The van der Waals surface area contributed by atoms with Gasteiger partial charge in [-0.3, -0.25) is 9.10 Å². The van der Waals surface area contributed by atoms with E-state index in [1.165, 1.54) is 31.0 Å². The van der Waals surface area contributed by atoms with Crippen LogP contribution in [0.4, 0.5) is 11.4 Å². The Kier molecular flexibility index (Phi) is 7.40. The lowest BCUT2D eigenvalue weighted by atomic mass is 10.2. The normalized spacial score (nSPS) is 12.0. The highest BCUT2D eigenvalue weighted by atomic mass is 35.5. The van der Waals surface area contributed by atoms with Gasteiger partial charge in [0, 0.05) is 19.8 Å². The number of carbonyl (C=O) groups is 2. The van der Waals surface area contributed by atoms with E-state index in [-0.39, 0.29) is 15.5 Å². The van der Waals surface area contributed by atoms with Gasteiger partial charge in [0.05, 0.1) is 21.2 Å². The molecule has 0 saturated heterocycles. The summed E-state index contributed by atoms with van der Waals surface area (Å²) in [7, 11) is -0.982. The molecule has 0 aliphatic rings. The second-order valence-electron chi connectivity index (χ2n) is 7.23. The molecule has 0 N–H and O–H groups in total. The highest BCUT2D eigenvalue weighted by Crippen LogP contribution is 2.26. The van der Waals surface area contributed by atoms with Gasteiger partial charge in [-0.05, 0) is 49.4 Å². The molecule has 9 heteroatoms. The van der Waals surface area contributed by atoms with E-state index in [1.807, 2.05) is 6.07 Å². The van der Waals surface area contributed by atoms with E-state index in [2.05, 4.69) is 0 Å². The zero-order chi connectivity index (χ0) is 24.2. The van der Waals surface area contributed by atoms with E-state index in [0.717, 1.165) is 10.4 Å². The number of nitrogens with zero attached hydrogens (tertiary/aromatic N) is 2. The van der Waals surface area contributed by atoms with Crippen LogP contribution in [0.15, 0.2) is 83.8 Å². The zero-order valence-electron chi connectivity index (χ0n) is 18.3. The number of para-hydroxylation sites is 2. The minimum atomic E-state index is -3.97. The average molecular weight is 487 g/mol. The Balaban J connectivity index is 1.81. The maximum Gasteiger partial charge on any atom is 0.340 e. The van der Waals surface area contributed by atoms with Crippen LogP contribution in [0.1, 0.15) is 17.3 Å². The van der Waals surface area contributed by atoms with Crippen LogP contribution in [-0.2, 0) is 19.6 Å². The van der Waals surface area contributed by atoms with E-state index < -0.39 is 28.0 Å². The molecule has 0 saturated carbocycles. The summed E-state index contributed by atoms with van der Waals surface area (Å²) in [5, 5.41) is 0.0115. The minimum Gasteiger partial charge on any atom is -0.449 e. The van der Waals surface area contributed by atoms with Crippen molar-refractivity contribution in [2.24, 2.45) is 0 Å². The largest absolute Gasteiger partial charge is 0.449 e. The van der Waals surface area contributed by atoms with Crippen LogP contribution >= 0.6 is 11.6 Å². The van der Waals surface area contributed by atoms with E-state index in [0.29, 0.717) is 11.4 Å². The van der Waals surface area contributed by atoms with Crippen molar-refractivity contribution in [2.75, 3.05) is 23.3 Å². The molecule has 3 rings (SSSR count). The fourth-order valence-electron chi connectivity index (χ4n) is 3.08. The van der Waals surface area contributed by atoms with Gasteiger partial charge in [0.25, 0.3) is 15.9 Å². The number of benzene rings is 3. The van der Waals surface area contributed by atoms with E-state index in [9.17, 15) is 18.0 Å². The SMILES string of the molecule is CC(OC(=O)c1cc(S(=O)(=O)N(C)c2ccccc2)ccc1Cl)C(=O)N(C)c1ccccc1. The molecule has 0 fully saturated rings. The number of amides is 1. The number of halogens is 1. The molecule has 0 aromatic heterocycles. The molecule has 172 valence electrons. The molecule has 1 amide bonds. The lowest BCUT2D eigenvalue weighted by Crippen LogP contribution is -2.37. The molecule has 0 heterocycles. The van der Waals surface area contributed by atoms with Crippen LogP contribution < -0.4 is 9.21 Å². The first kappa shape index (κ1) is 24.3. The van der Waals surface area contributed by atoms with Gasteiger partial charge in [-0.2, -0.15) is 0 Å². The van der Waals surface area contributed by atoms with E-state index >= 15 is 0 Å². The summed E-state index contributed by atoms with van der Waals surface area (Å²) >= 11 is 6.15. The highest BCUT2D eigenvalue weighted by molar-refractivity contribution is 7.92. The Bertz CT molecular complexity index is 1250. The topological polar surface area (TPSA) is 84.0 Å². The lowest BCUT2D eigenvalue weighted by Gasteiger charge is -2.22. The molecule has 3 aromatic rings. The number of hydrogen-bond acceptors (Lipinski definition) is 5. The maximum absolute atomic E-state index is 13.1. The third-order valence-corrected chi connectivity index (χ3v) is 7.15. The first-order valence-electron chi connectivity index (χ1n) is 10.00. The number of anilines is 2. The average Bonchev–Trinajstić information content (AvgIpc) is 2.83. The smallest absolute Gasteiger partial charge is 0.340 e. The molecule has 0 aliphatic carbocycles. The third kappa shape index (κ3) is 5.35. The predicted molar refractivity (Wildman–Crippen MR) is 128 cm³/mol. The summed E-state index contributed by atoms with van der Waals surface area (Å²) in [5.41, 5.74) is 0.946. The lowest BCUT2D eigenvalue weighted by molar-refractivity contribution is -0.126. The summed E-state index contributed by atoms with van der Waals surface area (Å²) in [6.45, 7) is 1.44. The summed E-state index contributed by atoms with van der Waals surface area (Å²) in [4.78, 5) is 26.7. The summed E-state index contributed by atoms with van der Waals surface area (Å²) in [5.74, 6) is -1.35. The molecular formula is C24H23ClN2O5S.